The molecule has 0 saturated carbocycles. The van der Waals surface area contributed by atoms with E-state index < -0.39 is 0 Å². The number of rotatable bonds is 11. The second kappa shape index (κ2) is 12.9. The third-order valence-electron chi connectivity index (χ3n) is 7.46. The molecule has 1 atom stereocenters. The molecule has 1 aliphatic heterocycles. The normalized spacial score (nSPS) is 16.5. The van der Waals surface area contributed by atoms with Crippen molar-refractivity contribution in [2.45, 2.75) is 31.8 Å². The number of nitrogens with two attached hydrogens (primary N) is 1. The zero-order valence-electron chi connectivity index (χ0n) is 23.5. The molecule has 9 nitrogen and oxygen atoms in total. The summed E-state index contributed by atoms with van der Waals surface area (Å²) in [5, 5.41) is 3.32. The molecule has 0 amide bonds. The van der Waals surface area contributed by atoms with E-state index in [0.717, 1.165) is 71.3 Å². The van der Waals surface area contributed by atoms with Crippen molar-refractivity contribution in [3.63, 3.8) is 0 Å². The van der Waals surface area contributed by atoms with Gasteiger partial charge in [0.25, 0.3) is 0 Å². The van der Waals surface area contributed by atoms with Gasteiger partial charge < -0.3 is 25.3 Å². The summed E-state index contributed by atoms with van der Waals surface area (Å²) in [6.07, 6.45) is 5.49. The van der Waals surface area contributed by atoms with Crippen LogP contribution in [0.15, 0.2) is 65.4 Å². The zero-order chi connectivity index (χ0) is 27.9. The lowest BCUT2D eigenvalue weighted by molar-refractivity contribution is 0.159. The third-order valence-corrected chi connectivity index (χ3v) is 7.46. The first-order valence-electron chi connectivity index (χ1n) is 13.8. The fraction of sp³-hybridized carbons (Fsp3) is 0.387. The van der Waals surface area contributed by atoms with Gasteiger partial charge in [-0.05, 0) is 62.0 Å². The summed E-state index contributed by atoms with van der Waals surface area (Å²) >= 11 is 0. The van der Waals surface area contributed by atoms with E-state index in [1.54, 1.807) is 21.3 Å². The molecule has 0 bridgehead atoms. The highest BCUT2D eigenvalue weighted by molar-refractivity contribution is 6.26. The molecule has 2 heterocycles. The first kappa shape index (κ1) is 27.6. The average molecular weight is 543 g/mol. The van der Waals surface area contributed by atoms with Crippen LogP contribution in [0.1, 0.15) is 42.2 Å². The summed E-state index contributed by atoms with van der Waals surface area (Å²) in [7, 11) is 5.09. The minimum atomic E-state index is -0.379. The molecule has 9 heteroatoms. The monoisotopic (exact) mass is 542 g/mol. The Labute approximate surface area is 236 Å². The molecular weight excluding hydrogens is 504 g/mol. The Balaban J connectivity index is 1.38. The van der Waals surface area contributed by atoms with Crippen molar-refractivity contribution in [1.82, 2.24) is 14.9 Å². The summed E-state index contributed by atoms with van der Waals surface area (Å²) in [6.45, 7) is 3.89. The van der Waals surface area contributed by atoms with Crippen LogP contribution in [0, 0.1) is 0 Å². The highest BCUT2D eigenvalue weighted by Crippen LogP contribution is 2.36. The van der Waals surface area contributed by atoms with Crippen molar-refractivity contribution in [3.05, 3.63) is 77.2 Å². The van der Waals surface area contributed by atoms with E-state index in [9.17, 15) is 0 Å². The molecule has 3 aromatic rings. The first-order chi connectivity index (χ1) is 19.6. The Bertz CT molecular complexity index is 1370. The molecule has 1 aliphatic carbocycles. The standard InChI is InChI=1S/C31H38N6O3/c1-33-29(30(39-3)21-9-5-4-6-10-21)27-24(32)13-11-22-20-34-31(36-28(22)27)35-25-14-12-23(19-26(25)38-2)40-18-17-37-15-7-8-16-37/h4-6,9-10,12,14,19-20,30H,7-8,11,13,15-18,32H2,1-3H3,(H,34,35,36). The Morgan fingerprint density at radius 2 is 1.90 bits per heavy atom. The maximum atomic E-state index is 6.61. The van der Waals surface area contributed by atoms with Gasteiger partial charge in [-0.3, -0.25) is 9.89 Å². The van der Waals surface area contributed by atoms with E-state index in [0.29, 0.717) is 24.7 Å². The summed E-state index contributed by atoms with van der Waals surface area (Å²) < 4.78 is 17.6. The fourth-order valence-corrected chi connectivity index (χ4v) is 5.38. The van der Waals surface area contributed by atoms with Crippen LogP contribution in [0.5, 0.6) is 11.5 Å². The Hall–Kier alpha value is -3.95. The molecule has 2 aliphatic rings. The van der Waals surface area contributed by atoms with Crippen molar-refractivity contribution < 1.29 is 14.2 Å². The molecule has 1 unspecified atom stereocenters. The van der Waals surface area contributed by atoms with Crippen molar-refractivity contribution in [2.24, 2.45) is 10.7 Å². The number of anilines is 2. The largest absolute Gasteiger partial charge is 0.494 e. The molecule has 2 aromatic carbocycles. The number of fused-ring (bicyclic) bond motifs is 1. The number of allylic oxidation sites excluding steroid dienone is 1. The zero-order valence-corrected chi connectivity index (χ0v) is 23.5. The number of likely N-dealkylation sites (tertiary alicyclic amines) is 1. The first-order valence-corrected chi connectivity index (χ1v) is 13.8. The van der Waals surface area contributed by atoms with Crippen LogP contribution in [0.25, 0.3) is 5.57 Å². The highest BCUT2D eigenvalue weighted by Gasteiger charge is 2.29. The number of aryl methyl sites for hydroxylation is 1. The highest BCUT2D eigenvalue weighted by atomic mass is 16.5. The van der Waals surface area contributed by atoms with Gasteiger partial charge in [-0.15, -0.1) is 0 Å². The van der Waals surface area contributed by atoms with Gasteiger partial charge in [0, 0.05) is 44.2 Å². The number of methoxy groups -OCH3 is 2. The van der Waals surface area contributed by atoms with Crippen LogP contribution in [0.2, 0.25) is 0 Å². The molecule has 5 rings (SSSR count). The van der Waals surface area contributed by atoms with E-state index in [1.165, 1.54) is 12.8 Å². The molecule has 1 fully saturated rings. The van der Waals surface area contributed by atoms with E-state index in [4.69, 9.17) is 24.9 Å². The number of hydrogen-bond donors (Lipinski definition) is 2. The maximum absolute atomic E-state index is 6.61. The van der Waals surface area contributed by atoms with Crippen LogP contribution in [-0.4, -0.2) is 68.1 Å². The molecule has 0 spiro atoms. The number of hydrogen-bond acceptors (Lipinski definition) is 9. The molecule has 3 N–H and O–H groups in total. The van der Waals surface area contributed by atoms with E-state index in [-0.39, 0.29) is 6.10 Å². The summed E-state index contributed by atoms with van der Waals surface area (Å²) in [4.78, 5) is 16.6. The van der Waals surface area contributed by atoms with Gasteiger partial charge in [0.05, 0.1) is 24.2 Å². The molecular formula is C31H38N6O3. The minimum Gasteiger partial charge on any atom is -0.494 e. The second-order valence-corrected chi connectivity index (χ2v) is 9.99. The number of aliphatic imine (C=N–C) groups is 1. The van der Waals surface area contributed by atoms with Gasteiger partial charge >= 0.3 is 0 Å². The minimum absolute atomic E-state index is 0.379. The Morgan fingerprint density at radius 3 is 2.62 bits per heavy atom. The Kier molecular flexibility index (Phi) is 8.93. The lowest BCUT2D eigenvalue weighted by Crippen LogP contribution is -2.25. The predicted octanol–water partition coefficient (Wildman–Crippen LogP) is 4.78. The number of ether oxygens (including phenoxy) is 3. The lowest BCUT2D eigenvalue weighted by Gasteiger charge is -2.26. The number of nitrogens with one attached hydrogen (secondary N) is 1. The molecule has 0 radical (unpaired) electrons. The van der Waals surface area contributed by atoms with Crippen LogP contribution in [0.4, 0.5) is 11.6 Å². The Morgan fingerprint density at radius 1 is 1.10 bits per heavy atom. The van der Waals surface area contributed by atoms with Gasteiger partial charge in [0.15, 0.2) is 0 Å². The van der Waals surface area contributed by atoms with Gasteiger partial charge in [0.2, 0.25) is 5.95 Å². The molecule has 210 valence electrons. The predicted molar refractivity (Wildman–Crippen MR) is 158 cm³/mol. The smallest absolute Gasteiger partial charge is 0.227 e. The number of benzene rings is 2. The van der Waals surface area contributed by atoms with Crippen molar-refractivity contribution >= 4 is 22.9 Å². The van der Waals surface area contributed by atoms with Gasteiger partial charge in [-0.25, -0.2) is 9.97 Å². The van der Waals surface area contributed by atoms with E-state index in [1.807, 2.05) is 54.7 Å². The van der Waals surface area contributed by atoms with Crippen molar-refractivity contribution in [3.8, 4) is 11.5 Å². The second-order valence-electron chi connectivity index (χ2n) is 9.99. The topological polar surface area (TPSA) is 107 Å². The SMILES string of the molecule is CN=C(C1=C(N)CCc2cnc(Nc3ccc(OCCN4CCCC4)cc3OC)nc21)C(OC)c1ccccc1. The quantitative estimate of drug-likeness (QED) is 0.334. The fourth-order valence-electron chi connectivity index (χ4n) is 5.38. The molecule has 40 heavy (non-hydrogen) atoms. The summed E-state index contributed by atoms with van der Waals surface area (Å²) in [5.41, 5.74) is 12.4. The molecule has 1 aromatic heterocycles. The molecule has 1 saturated heterocycles. The lowest BCUT2D eigenvalue weighted by atomic mass is 9.87. The van der Waals surface area contributed by atoms with E-state index in [2.05, 4.69) is 20.2 Å². The average Bonchev–Trinajstić information content (AvgIpc) is 3.51. The van der Waals surface area contributed by atoms with Crippen LogP contribution < -0.4 is 20.5 Å². The summed E-state index contributed by atoms with van der Waals surface area (Å²) in [6, 6.07) is 15.8. The van der Waals surface area contributed by atoms with Crippen molar-refractivity contribution in [2.75, 3.05) is 52.8 Å². The number of aromatic nitrogens is 2. The van der Waals surface area contributed by atoms with Crippen LogP contribution in [0.3, 0.4) is 0 Å². The van der Waals surface area contributed by atoms with Gasteiger partial charge in [-0.2, -0.15) is 0 Å². The number of nitrogens with zero attached hydrogens (tertiary/aromatic N) is 4. The van der Waals surface area contributed by atoms with Gasteiger partial charge in [0.1, 0.15) is 24.2 Å². The van der Waals surface area contributed by atoms with Gasteiger partial charge in [-0.1, -0.05) is 30.3 Å². The van der Waals surface area contributed by atoms with Crippen molar-refractivity contribution in [1.29, 1.82) is 0 Å². The van der Waals surface area contributed by atoms with E-state index >= 15 is 0 Å². The third kappa shape index (κ3) is 6.11. The van der Waals surface area contributed by atoms with Crippen LogP contribution in [-0.2, 0) is 11.2 Å². The summed E-state index contributed by atoms with van der Waals surface area (Å²) in [5.74, 6) is 1.85. The maximum Gasteiger partial charge on any atom is 0.227 e. The van der Waals surface area contributed by atoms with Crippen LogP contribution >= 0.6 is 0 Å².